The summed E-state index contributed by atoms with van der Waals surface area (Å²) in [4.78, 5) is 6.39. The van der Waals surface area contributed by atoms with E-state index in [0.717, 1.165) is 17.2 Å². The third kappa shape index (κ3) is 5.10. The zero-order chi connectivity index (χ0) is 16.0. The van der Waals surface area contributed by atoms with Crippen molar-refractivity contribution in [2.24, 2.45) is 16.6 Å². The van der Waals surface area contributed by atoms with Crippen LogP contribution < -0.4 is 16.2 Å². The van der Waals surface area contributed by atoms with E-state index in [1.807, 2.05) is 25.1 Å². The summed E-state index contributed by atoms with van der Waals surface area (Å²) in [7, 11) is 3.77. The second-order valence-electron chi connectivity index (χ2n) is 5.79. The first-order valence-electron chi connectivity index (χ1n) is 7.27. The van der Waals surface area contributed by atoms with E-state index >= 15 is 0 Å². The van der Waals surface area contributed by atoms with Crippen molar-refractivity contribution in [3.05, 3.63) is 46.9 Å². The Kier molecular flexibility index (Phi) is 6.22. The number of nitrogens with zero attached hydrogens (tertiary/aromatic N) is 2. The van der Waals surface area contributed by atoms with Crippen LogP contribution in [0.25, 0.3) is 12.7 Å². The molecule has 3 heteroatoms. The maximum atomic E-state index is 5.94. The number of benzene rings is 1. The van der Waals surface area contributed by atoms with Crippen molar-refractivity contribution in [3.63, 3.8) is 0 Å². The summed E-state index contributed by atoms with van der Waals surface area (Å²) < 4.78 is 0. The lowest BCUT2D eigenvalue weighted by Gasteiger charge is -2.16. The van der Waals surface area contributed by atoms with Crippen LogP contribution >= 0.6 is 0 Å². The minimum Gasteiger partial charge on any atom is -0.370 e. The molecule has 0 amide bonds. The fraction of sp³-hybridized carbons (Fsp3) is 0.389. The maximum absolute atomic E-state index is 5.94. The number of rotatable bonds is 5. The predicted octanol–water partition coefficient (Wildman–Crippen LogP) is 2.03. The molecule has 1 aromatic rings. The normalized spacial score (nSPS) is 14.3. The van der Waals surface area contributed by atoms with Gasteiger partial charge < -0.3 is 10.6 Å². The second kappa shape index (κ2) is 7.67. The Bertz CT molecular complexity index is 612. The molecule has 0 spiro atoms. The van der Waals surface area contributed by atoms with E-state index in [1.54, 1.807) is 0 Å². The Morgan fingerprint density at radius 1 is 1.38 bits per heavy atom. The van der Waals surface area contributed by atoms with Crippen molar-refractivity contribution < 1.29 is 0 Å². The van der Waals surface area contributed by atoms with E-state index in [0.29, 0.717) is 11.9 Å². The van der Waals surface area contributed by atoms with Crippen LogP contribution in [0.1, 0.15) is 31.9 Å². The lowest BCUT2D eigenvalue weighted by Crippen LogP contribution is -2.31. The van der Waals surface area contributed by atoms with E-state index in [1.165, 1.54) is 5.22 Å². The minimum absolute atomic E-state index is 0.0153. The third-order valence-electron chi connectivity index (χ3n) is 3.20. The minimum atomic E-state index is -0.0153. The van der Waals surface area contributed by atoms with Crippen molar-refractivity contribution in [2.45, 2.75) is 26.3 Å². The van der Waals surface area contributed by atoms with Crippen LogP contribution in [0.15, 0.2) is 35.8 Å². The van der Waals surface area contributed by atoms with E-state index in [4.69, 9.17) is 5.73 Å². The van der Waals surface area contributed by atoms with Crippen LogP contribution in [0.5, 0.6) is 0 Å². The van der Waals surface area contributed by atoms with Gasteiger partial charge in [0.05, 0.1) is 6.04 Å². The average Bonchev–Trinajstić information content (AvgIpc) is 2.40. The lowest BCUT2D eigenvalue weighted by molar-refractivity contribution is 0.595. The van der Waals surface area contributed by atoms with E-state index in [9.17, 15) is 0 Å². The van der Waals surface area contributed by atoms with E-state index < -0.39 is 0 Å². The van der Waals surface area contributed by atoms with Crippen LogP contribution in [0.3, 0.4) is 0 Å². The van der Waals surface area contributed by atoms with Crippen LogP contribution in [-0.4, -0.2) is 25.0 Å². The number of hydrogen-bond acceptors (Lipinski definition) is 1. The van der Waals surface area contributed by atoms with Crippen molar-refractivity contribution in [3.8, 4) is 0 Å². The van der Waals surface area contributed by atoms with Gasteiger partial charge in [-0.1, -0.05) is 44.7 Å². The second-order valence-corrected chi connectivity index (χ2v) is 5.79. The maximum Gasteiger partial charge on any atom is 0.191 e. The van der Waals surface area contributed by atoms with Gasteiger partial charge in [0.2, 0.25) is 0 Å². The van der Waals surface area contributed by atoms with Crippen LogP contribution in [0.4, 0.5) is 0 Å². The molecule has 21 heavy (non-hydrogen) atoms. The molecule has 0 bridgehead atoms. The first-order valence-corrected chi connectivity index (χ1v) is 7.27. The van der Waals surface area contributed by atoms with Crippen molar-refractivity contribution in [1.82, 2.24) is 4.90 Å². The van der Waals surface area contributed by atoms with Gasteiger partial charge in [-0.15, -0.1) is 6.58 Å². The van der Waals surface area contributed by atoms with Crippen LogP contribution in [-0.2, 0) is 0 Å². The SMILES string of the molecule is C=CCC(N=C(N)N(C)C)c1cc/c(=C/C(C)C)c(=C)c1. The van der Waals surface area contributed by atoms with Crippen LogP contribution in [0.2, 0.25) is 0 Å². The molecule has 1 atom stereocenters. The standard InChI is InChI=1S/C18H27N3/c1-7-8-17(20-18(19)21(5)6)16-10-9-15(11-13(2)3)14(4)12-16/h7,9-13,17H,1,4,8H2,2-3,5-6H3,(H2,19,20)/b15-11-. The summed E-state index contributed by atoms with van der Waals surface area (Å²) in [6.07, 6.45) is 4.83. The summed E-state index contributed by atoms with van der Waals surface area (Å²) >= 11 is 0. The molecule has 0 saturated carbocycles. The predicted molar refractivity (Wildman–Crippen MR) is 93.4 cm³/mol. The summed E-state index contributed by atoms with van der Waals surface area (Å²) in [5, 5.41) is 2.20. The Morgan fingerprint density at radius 3 is 2.52 bits per heavy atom. The highest BCUT2D eigenvalue weighted by atomic mass is 15.2. The van der Waals surface area contributed by atoms with Gasteiger partial charge in [-0.05, 0) is 34.4 Å². The van der Waals surface area contributed by atoms with Crippen molar-refractivity contribution in [2.75, 3.05) is 14.1 Å². The van der Waals surface area contributed by atoms with Crippen LogP contribution in [0, 0.1) is 5.92 Å². The average molecular weight is 285 g/mol. The molecule has 1 unspecified atom stereocenters. The van der Waals surface area contributed by atoms with Gasteiger partial charge in [0.25, 0.3) is 0 Å². The molecule has 0 saturated heterocycles. The number of guanidine groups is 1. The van der Waals surface area contributed by atoms with Gasteiger partial charge in [-0.25, -0.2) is 4.99 Å². The number of hydrogen-bond donors (Lipinski definition) is 1. The molecular weight excluding hydrogens is 258 g/mol. The lowest BCUT2D eigenvalue weighted by atomic mass is 10.0. The molecule has 1 rings (SSSR count). The summed E-state index contributed by atoms with van der Waals surface area (Å²) in [6.45, 7) is 12.3. The van der Waals surface area contributed by atoms with Crippen molar-refractivity contribution >= 4 is 18.6 Å². The van der Waals surface area contributed by atoms with E-state index in [-0.39, 0.29) is 6.04 Å². The van der Waals surface area contributed by atoms with Gasteiger partial charge in [0, 0.05) is 14.1 Å². The van der Waals surface area contributed by atoms with Gasteiger partial charge in [0.1, 0.15) is 0 Å². The Balaban J connectivity index is 3.22. The van der Waals surface area contributed by atoms with Gasteiger partial charge in [-0.3, -0.25) is 0 Å². The largest absolute Gasteiger partial charge is 0.370 e. The Labute approximate surface area is 128 Å². The molecule has 0 radical (unpaired) electrons. The third-order valence-corrected chi connectivity index (χ3v) is 3.20. The monoisotopic (exact) mass is 285 g/mol. The Hall–Kier alpha value is -2.03. The topological polar surface area (TPSA) is 41.6 Å². The summed E-state index contributed by atoms with van der Waals surface area (Å²) in [5.41, 5.74) is 7.05. The molecule has 0 fully saturated rings. The molecule has 3 nitrogen and oxygen atoms in total. The number of aliphatic imine (C=N–C) groups is 1. The van der Waals surface area contributed by atoms with Gasteiger partial charge >= 0.3 is 0 Å². The molecule has 0 heterocycles. The molecule has 1 aromatic carbocycles. The highest BCUT2D eigenvalue weighted by Gasteiger charge is 2.10. The highest BCUT2D eigenvalue weighted by Crippen LogP contribution is 2.20. The van der Waals surface area contributed by atoms with Crippen molar-refractivity contribution in [1.29, 1.82) is 0 Å². The molecular formula is C18H27N3. The fourth-order valence-corrected chi connectivity index (χ4v) is 2.05. The highest BCUT2D eigenvalue weighted by molar-refractivity contribution is 5.77. The molecule has 0 aliphatic carbocycles. The summed E-state index contributed by atoms with van der Waals surface area (Å²) in [6, 6.07) is 6.28. The number of nitrogens with two attached hydrogens (primary N) is 1. The molecule has 114 valence electrons. The zero-order valence-corrected chi connectivity index (χ0v) is 13.6. The van der Waals surface area contributed by atoms with Gasteiger partial charge in [0.15, 0.2) is 5.96 Å². The fourth-order valence-electron chi connectivity index (χ4n) is 2.05. The molecule has 0 aliphatic rings. The summed E-state index contributed by atoms with van der Waals surface area (Å²) in [5.74, 6) is 1.02. The molecule has 0 aromatic heterocycles. The quantitative estimate of drug-likeness (QED) is 0.511. The van der Waals surface area contributed by atoms with Gasteiger partial charge in [-0.2, -0.15) is 0 Å². The first kappa shape index (κ1) is 17.0. The zero-order valence-electron chi connectivity index (χ0n) is 13.6. The Morgan fingerprint density at radius 2 is 2.05 bits per heavy atom. The molecule has 0 aliphatic heterocycles. The van der Waals surface area contributed by atoms with E-state index in [2.05, 4.69) is 56.3 Å². The smallest absolute Gasteiger partial charge is 0.191 e. The first-order chi connectivity index (χ1) is 9.85. The molecule has 2 N–H and O–H groups in total.